The lowest BCUT2D eigenvalue weighted by Gasteiger charge is -2.36. The third-order valence-corrected chi connectivity index (χ3v) is 6.48. The second-order valence-electron chi connectivity index (χ2n) is 8.38. The molecule has 7 heteroatoms. The predicted octanol–water partition coefficient (Wildman–Crippen LogP) is 3.91. The fourth-order valence-corrected chi connectivity index (χ4v) is 4.78. The summed E-state index contributed by atoms with van der Waals surface area (Å²) >= 11 is 0. The Balaban J connectivity index is 1.43. The first-order valence-electron chi connectivity index (χ1n) is 10.8. The minimum absolute atomic E-state index is 0.0459. The lowest BCUT2D eigenvalue weighted by Crippen LogP contribution is -2.40. The van der Waals surface area contributed by atoms with E-state index in [1.807, 2.05) is 33.8 Å². The number of benzene rings is 2. The lowest BCUT2D eigenvalue weighted by atomic mass is 9.92. The van der Waals surface area contributed by atoms with E-state index in [1.165, 1.54) is 5.56 Å². The van der Waals surface area contributed by atoms with Gasteiger partial charge in [-0.15, -0.1) is 0 Å². The van der Waals surface area contributed by atoms with Crippen LogP contribution in [0.2, 0.25) is 0 Å². The van der Waals surface area contributed by atoms with Crippen LogP contribution in [0.15, 0.2) is 36.5 Å². The SMILES string of the molecule is COc1cc2c(cc1OC)C(C)N(C(=O)Cn1ncc3c1-c1cc(C)ccc1OC3)CC2. The summed E-state index contributed by atoms with van der Waals surface area (Å²) in [7, 11) is 3.27. The zero-order valence-corrected chi connectivity index (χ0v) is 18.8. The fraction of sp³-hybridized carbons (Fsp3) is 0.360. The third-order valence-electron chi connectivity index (χ3n) is 6.48. The Labute approximate surface area is 187 Å². The van der Waals surface area contributed by atoms with Gasteiger partial charge in [0.25, 0.3) is 0 Å². The number of carbonyl (C=O) groups is 1. The van der Waals surface area contributed by atoms with Crippen molar-refractivity contribution in [1.82, 2.24) is 14.7 Å². The van der Waals surface area contributed by atoms with Crippen molar-refractivity contribution in [1.29, 1.82) is 0 Å². The second kappa shape index (κ2) is 7.89. The molecule has 0 fully saturated rings. The van der Waals surface area contributed by atoms with Gasteiger partial charge in [0.1, 0.15) is 18.9 Å². The number of hydrogen-bond donors (Lipinski definition) is 0. The molecule has 0 N–H and O–H groups in total. The standard InChI is InChI=1S/C25H27N3O4/c1-15-5-6-21-20(9-15)25-18(14-32-21)12-26-28(25)13-24(29)27-8-7-17-10-22(30-3)23(31-4)11-19(17)16(27)2/h5-6,9-12,16H,7-8,13-14H2,1-4H3. The van der Waals surface area contributed by atoms with Crippen molar-refractivity contribution < 1.29 is 19.0 Å². The molecule has 2 aliphatic heterocycles. The van der Waals surface area contributed by atoms with Crippen LogP contribution in [-0.4, -0.2) is 41.4 Å². The van der Waals surface area contributed by atoms with Gasteiger partial charge in [-0.2, -0.15) is 5.10 Å². The van der Waals surface area contributed by atoms with E-state index < -0.39 is 0 Å². The molecule has 1 atom stereocenters. The van der Waals surface area contributed by atoms with Gasteiger partial charge in [-0.25, -0.2) is 0 Å². The van der Waals surface area contributed by atoms with Crippen molar-refractivity contribution in [2.45, 2.75) is 39.5 Å². The summed E-state index contributed by atoms with van der Waals surface area (Å²) in [6.07, 6.45) is 2.58. The Hall–Kier alpha value is -3.48. The minimum Gasteiger partial charge on any atom is -0.493 e. The molecule has 1 amide bonds. The van der Waals surface area contributed by atoms with Crippen LogP contribution in [0.5, 0.6) is 17.2 Å². The minimum atomic E-state index is -0.0599. The van der Waals surface area contributed by atoms with Gasteiger partial charge in [0.2, 0.25) is 5.91 Å². The van der Waals surface area contributed by atoms with Gasteiger partial charge in [0, 0.05) is 17.7 Å². The van der Waals surface area contributed by atoms with Crippen molar-refractivity contribution in [3.8, 4) is 28.5 Å². The molecule has 3 heterocycles. The van der Waals surface area contributed by atoms with Gasteiger partial charge in [0.15, 0.2) is 11.5 Å². The number of hydrogen-bond acceptors (Lipinski definition) is 5. The maximum Gasteiger partial charge on any atom is 0.244 e. The van der Waals surface area contributed by atoms with E-state index >= 15 is 0 Å². The van der Waals surface area contributed by atoms with E-state index in [2.05, 4.69) is 25.0 Å². The molecule has 0 saturated carbocycles. The summed E-state index contributed by atoms with van der Waals surface area (Å²) in [6.45, 7) is 5.43. The number of aromatic nitrogens is 2. The molecule has 0 radical (unpaired) electrons. The Morgan fingerprint density at radius 3 is 2.72 bits per heavy atom. The maximum atomic E-state index is 13.4. The summed E-state index contributed by atoms with van der Waals surface area (Å²) in [5.41, 5.74) is 6.40. The number of carbonyl (C=O) groups excluding carboxylic acids is 1. The Kier molecular flexibility index (Phi) is 5.04. The number of aryl methyl sites for hydroxylation is 1. The summed E-state index contributed by atoms with van der Waals surface area (Å²) in [5.74, 6) is 2.28. The van der Waals surface area contributed by atoms with Gasteiger partial charge in [-0.1, -0.05) is 11.6 Å². The van der Waals surface area contributed by atoms with Crippen molar-refractivity contribution in [2.24, 2.45) is 0 Å². The van der Waals surface area contributed by atoms with Crippen LogP contribution in [0.4, 0.5) is 0 Å². The molecule has 5 rings (SSSR count). The molecule has 7 nitrogen and oxygen atoms in total. The highest BCUT2D eigenvalue weighted by atomic mass is 16.5. The van der Waals surface area contributed by atoms with E-state index in [1.54, 1.807) is 20.4 Å². The summed E-state index contributed by atoms with van der Waals surface area (Å²) < 4.78 is 18.6. The van der Waals surface area contributed by atoms with Crippen LogP contribution in [0.1, 0.15) is 35.2 Å². The number of methoxy groups -OCH3 is 2. The molecule has 32 heavy (non-hydrogen) atoms. The predicted molar refractivity (Wildman–Crippen MR) is 120 cm³/mol. The summed E-state index contributed by atoms with van der Waals surface area (Å²) in [6, 6.07) is 10.1. The van der Waals surface area contributed by atoms with Gasteiger partial charge in [0.05, 0.1) is 32.2 Å². The average Bonchev–Trinajstić information content (AvgIpc) is 3.21. The second-order valence-corrected chi connectivity index (χ2v) is 8.38. The largest absolute Gasteiger partial charge is 0.493 e. The molecule has 0 spiro atoms. The summed E-state index contributed by atoms with van der Waals surface area (Å²) in [4.78, 5) is 15.3. The first-order chi connectivity index (χ1) is 15.5. The third kappa shape index (κ3) is 3.28. The Morgan fingerprint density at radius 1 is 1.16 bits per heavy atom. The van der Waals surface area contributed by atoms with Crippen LogP contribution in [0.3, 0.4) is 0 Å². The van der Waals surface area contributed by atoms with Crippen LogP contribution < -0.4 is 14.2 Å². The zero-order valence-electron chi connectivity index (χ0n) is 18.8. The molecule has 3 aromatic rings. The highest BCUT2D eigenvalue weighted by Gasteiger charge is 2.31. The quantitative estimate of drug-likeness (QED) is 0.624. The maximum absolute atomic E-state index is 13.4. The van der Waals surface area contributed by atoms with Crippen LogP contribution in [0, 0.1) is 6.92 Å². The molecule has 1 aromatic heterocycles. The number of fused-ring (bicyclic) bond motifs is 4. The van der Waals surface area contributed by atoms with Gasteiger partial charge >= 0.3 is 0 Å². The molecule has 0 saturated heterocycles. The molecular weight excluding hydrogens is 406 g/mol. The van der Waals surface area contributed by atoms with Crippen LogP contribution in [0.25, 0.3) is 11.3 Å². The van der Waals surface area contributed by atoms with Crippen LogP contribution >= 0.6 is 0 Å². The van der Waals surface area contributed by atoms with E-state index in [9.17, 15) is 4.79 Å². The highest BCUT2D eigenvalue weighted by Crippen LogP contribution is 2.40. The summed E-state index contributed by atoms with van der Waals surface area (Å²) in [5, 5.41) is 4.53. The molecule has 0 bridgehead atoms. The molecule has 0 aliphatic carbocycles. The Bertz CT molecular complexity index is 1200. The molecule has 1 unspecified atom stereocenters. The number of nitrogens with zero attached hydrogens (tertiary/aromatic N) is 3. The van der Waals surface area contributed by atoms with Crippen molar-refractivity contribution in [2.75, 3.05) is 20.8 Å². The van der Waals surface area contributed by atoms with Gasteiger partial charge in [-0.3, -0.25) is 9.48 Å². The average molecular weight is 434 g/mol. The van der Waals surface area contributed by atoms with E-state index in [4.69, 9.17) is 14.2 Å². The number of amides is 1. The molecule has 2 aromatic carbocycles. The van der Waals surface area contributed by atoms with E-state index in [0.717, 1.165) is 45.9 Å². The lowest BCUT2D eigenvalue weighted by molar-refractivity contribution is -0.134. The zero-order chi connectivity index (χ0) is 22.4. The number of ether oxygens (including phenoxy) is 3. The van der Waals surface area contributed by atoms with E-state index in [-0.39, 0.29) is 18.5 Å². The highest BCUT2D eigenvalue weighted by molar-refractivity contribution is 5.79. The topological polar surface area (TPSA) is 65.8 Å². The van der Waals surface area contributed by atoms with Crippen LogP contribution in [-0.2, 0) is 24.4 Å². The molecular formula is C25H27N3O4. The van der Waals surface area contributed by atoms with Crippen molar-refractivity contribution in [3.63, 3.8) is 0 Å². The molecule has 2 aliphatic rings. The van der Waals surface area contributed by atoms with Crippen molar-refractivity contribution in [3.05, 3.63) is 58.8 Å². The fourth-order valence-electron chi connectivity index (χ4n) is 4.78. The molecule has 166 valence electrons. The first-order valence-corrected chi connectivity index (χ1v) is 10.8. The number of rotatable bonds is 4. The Morgan fingerprint density at radius 2 is 1.94 bits per heavy atom. The monoisotopic (exact) mass is 433 g/mol. The van der Waals surface area contributed by atoms with E-state index in [0.29, 0.717) is 18.9 Å². The first kappa shape index (κ1) is 20.4. The van der Waals surface area contributed by atoms with Gasteiger partial charge in [-0.05, 0) is 55.7 Å². The van der Waals surface area contributed by atoms with Gasteiger partial charge < -0.3 is 19.1 Å². The smallest absolute Gasteiger partial charge is 0.244 e. The van der Waals surface area contributed by atoms with Crippen molar-refractivity contribution >= 4 is 5.91 Å². The normalized spacial score (nSPS) is 16.5.